The molecular formula is C19H20BrN2O4P. The summed E-state index contributed by atoms with van der Waals surface area (Å²) in [6.45, 7) is 1.44. The number of hydrogen-bond acceptors (Lipinski definition) is 4. The Labute approximate surface area is 165 Å². The minimum Gasteiger partial charge on any atom is -0.468 e. The second kappa shape index (κ2) is 8.30. The Hall–Kier alpha value is -2.08. The molecule has 0 fully saturated rings. The van der Waals surface area contributed by atoms with Gasteiger partial charge >= 0.3 is 13.5 Å². The average Bonchev–Trinajstić information content (AvgIpc) is 3.05. The van der Waals surface area contributed by atoms with E-state index in [4.69, 9.17) is 9.26 Å². The smallest absolute Gasteiger partial charge is 0.323 e. The number of esters is 1. The number of nitrogens with one attached hydrogen (secondary N) is 2. The summed E-state index contributed by atoms with van der Waals surface area (Å²) in [7, 11) is -2.00. The molecule has 0 amide bonds. The first kappa shape index (κ1) is 19.7. The highest BCUT2D eigenvalue weighted by atomic mass is 79.9. The monoisotopic (exact) mass is 450 g/mol. The fraction of sp³-hybridized carbons (Fsp3) is 0.211. The van der Waals surface area contributed by atoms with Gasteiger partial charge in [0.1, 0.15) is 11.8 Å². The van der Waals surface area contributed by atoms with Gasteiger partial charge in [-0.05, 0) is 35.9 Å². The topological polar surface area (TPSA) is 80.4 Å². The normalized spacial score (nSPS) is 14.5. The third kappa shape index (κ3) is 5.01. The van der Waals surface area contributed by atoms with Crippen molar-refractivity contribution in [2.45, 2.75) is 12.5 Å². The van der Waals surface area contributed by atoms with Crippen LogP contribution in [0.2, 0.25) is 0 Å². The average molecular weight is 451 g/mol. The number of ether oxygens (including phenoxy) is 1. The zero-order chi connectivity index (χ0) is 19.4. The lowest BCUT2D eigenvalue weighted by Gasteiger charge is -2.22. The van der Waals surface area contributed by atoms with Gasteiger partial charge in [-0.2, -0.15) is 0 Å². The Morgan fingerprint density at radius 2 is 1.93 bits per heavy atom. The molecule has 1 aromatic heterocycles. The summed E-state index contributed by atoms with van der Waals surface area (Å²) in [6.07, 6.45) is 2.16. The SMILES string of the molecule is COC(=O)[C@H](Cc1c[nH]c2ccccc12)NP(C)(=O)Oc1ccc(Br)cc1. The van der Waals surface area contributed by atoms with E-state index in [1.54, 1.807) is 24.3 Å². The van der Waals surface area contributed by atoms with Crippen LogP contribution in [0.3, 0.4) is 0 Å². The van der Waals surface area contributed by atoms with E-state index in [0.717, 1.165) is 20.9 Å². The van der Waals surface area contributed by atoms with Crippen LogP contribution >= 0.6 is 23.4 Å². The van der Waals surface area contributed by atoms with Crippen LogP contribution < -0.4 is 9.61 Å². The highest BCUT2D eigenvalue weighted by molar-refractivity contribution is 9.10. The molecule has 0 radical (unpaired) electrons. The van der Waals surface area contributed by atoms with E-state index in [9.17, 15) is 9.36 Å². The number of halogens is 1. The van der Waals surface area contributed by atoms with Crippen LogP contribution in [0.1, 0.15) is 5.56 Å². The molecule has 0 aliphatic rings. The van der Waals surface area contributed by atoms with E-state index < -0.39 is 19.5 Å². The largest absolute Gasteiger partial charge is 0.468 e. The fourth-order valence-electron chi connectivity index (χ4n) is 2.85. The van der Waals surface area contributed by atoms with Crippen LogP contribution in [-0.2, 0) is 20.5 Å². The summed E-state index contributed by atoms with van der Waals surface area (Å²) >= 11 is 3.34. The van der Waals surface area contributed by atoms with E-state index in [0.29, 0.717) is 12.2 Å². The molecule has 0 aliphatic carbocycles. The number of aromatic nitrogens is 1. The number of H-pyrrole nitrogens is 1. The number of para-hydroxylation sites is 1. The predicted molar refractivity (Wildman–Crippen MR) is 109 cm³/mol. The van der Waals surface area contributed by atoms with E-state index in [1.807, 2.05) is 30.5 Å². The Morgan fingerprint density at radius 3 is 2.63 bits per heavy atom. The molecule has 3 rings (SSSR count). The molecule has 27 heavy (non-hydrogen) atoms. The van der Waals surface area contributed by atoms with Gasteiger partial charge in [0.05, 0.1) is 7.11 Å². The van der Waals surface area contributed by atoms with Crippen molar-refractivity contribution in [2.24, 2.45) is 0 Å². The van der Waals surface area contributed by atoms with Gasteiger partial charge in [-0.25, -0.2) is 5.09 Å². The first-order chi connectivity index (χ1) is 12.9. The minimum atomic E-state index is -3.31. The van der Waals surface area contributed by atoms with E-state index in [1.165, 1.54) is 13.8 Å². The number of hydrogen-bond donors (Lipinski definition) is 2. The van der Waals surface area contributed by atoms with Crippen molar-refractivity contribution in [3.05, 3.63) is 64.8 Å². The summed E-state index contributed by atoms with van der Waals surface area (Å²) < 4.78 is 24.3. The molecule has 2 aromatic carbocycles. The van der Waals surface area contributed by atoms with Crippen LogP contribution in [0.5, 0.6) is 5.75 Å². The first-order valence-electron chi connectivity index (χ1n) is 8.31. The first-order valence-corrected chi connectivity index (χ1v) is 11.2. The van der Waals surface area contributed by atoms with E-state index >= 15 is 0 Å². The molecule has 1 heterocycles. The van der Waals surface area contributed by atoms with Crippen molar-refractivity contribution in [1.29, 1.82) is 0 Å². The van der Waals surface area contributed by atoms with Crippen molar-refractivity contribution < 1.29 is 18.6 Å². The third-order valence-corrected chi connectivity index (χ3v) is 5.94. The highest BCUT2D eigenvalue weighted by Crippen LogP contribution is 2.40. The number of rotatable bonds is 7. The minimum absolute atomic E-state index is 0.318. The van der Waals surface area contributed by atoms with Gasteiger partial charge in [-0.1, -0.05) is 34.1 Å². The lowest BCUT2D eigenvalue weighted by Crippen LogP contribution is -2.38. The standard InChI is InChI=1S/C19H20BrN2O4P/c1-25-19(23)18(11-13-12-21-17-6-4-3-5-16(13)17)22-27(2,24)26-15-9-7-14(20)8-10-15/h3-10,12,18,21H,11H2,1-2H3,(H,22,24)/t18-,27?/m0/s1. The van der Waals surface area contributed by atoms with Crippen molar-refractivity contribution in [2.75, 3.05) is 13.8 Å². The summed E-state index contributed by atoms with van der Waals surface area (Å²) in [4.78, 5) is 15.4. The molecule has 0 saturated carbocycles. The number of fused-ring (bicyclic) bond motifs is 1. The molecular weight excluding hydrogens is 431 g/mol. The zero-order valence-electron chi connectivity index (χ0n) is 14.9. The number of carbonyl (C=O) groups excluding carboxylic acids is 1. The summed E-state index contributed by atoms with van der Waals surface area (Å²) in [6, 6.07) is 14.0. The van der Waals surface area contributed by atoms with Crippen LogP contribution in [0, 0.1) is 0 Å². The Morgan fingerprint density at radius 1 is 1.22 bits per heavy atom. The molecule has 0 aliphatic heterocycles. The number of aromatic amines is 1. The van der Waals surface area contributed by atoms with Crippen molar-refractivity contribution >= 4 is 40.3 Å². The lowest BCUT2D eigenvalue weighted by molar-refractivity contribution is -0.142. The number of methoxy groups -OCH3 is 1. The summed E-state index contributed by atoms with van der Waals surface area (Å²) in [5.74, 6) is -0.0472. The maximum Gasteiger partial charge on any atom is 0.323 e. The Balaban J connectivity index is 1.79. The molecule has 6 nitrogen and oxygen atoms in total. The molecule has 8 heteroatoms. The Bertz CT molecular complexity index is 987. The second-order valence-electron chi connectivity index (χ2n) is 6.16. The van der Waals surface area contributed by atoms with Gasteiger partial charge in [-0.3, -0.25) is 9.36 Å². The quantitative estimate of drug-likeness (QED) is 0.408. The molecule has 2 N–H and O–H groups in total. The van der Waals surface area contributed by atoms with Crippen LogP contribution in [0.15, 0.2) is 59.2 Å². The van der Waals surface area contributed by atoms with Gasteiger partial charge in [0.15, 0.2) is 0 Å². The molecule has 0 spiro atoms. The molecule has 0 bridgehead atoms. The maximum atomic E-state index is 12.9. The van der Waals surface area contributed by atoms with E-state index in [-0.39, 0.29) is 0 Å². The maximum absolute atomic E-state index is 12.9. The number of carbonyl (C=O) groups is 1. The highest BCUT2D eigenvalue weighted by Gasteiger charge is 2.29. The van der Waals surface area contributed by atoms with Gasteiger partial charge in [0.25, 0.3) is 0 Å². The van der Waals surface area contributed by atoms with E-state index in [2.05, 4.69) is 26.0 Å². The fourth-order valence-corrected chi connectivity index (χ4v) is 4.45. The van der Waals surface area contributed by atoms with Gasteiger partial charge in [0.2, 0.25) is 0 Å². The Kier molecular flexibility index (Phi) is 6.05. The zero-order valence-corrected chi connectivity index (χ0v) is 17.4. The number of benzene rings is 2. The van der Waals surface area contributed by atoms with Crippen LogP contribution in [0.4, 0.5) is 0 Å². The second-order valence-corrected chi connectivity index (χ2v) is 9.21. The van der Waals surface area contributed by atoms with Gasteiger partial charge in [0, 0.05) is 34.7 Å². The van der Waals surface area contributed by atoms with Crippen molar-refractivity contribution in [3.8, 4) is 5.75 Å². The van der Waals surface area contributed by atoms with Crippen molar-refractivity contribution in [1.82, 2.24) is 10.1 Å². The van der Waals surface area contributed by atoms with Crippen LogP contribution in [0.25, 0.3) is 10.9 Å². The van der Waals surface area contributed by atoms with Gasteiger partial charge in [-0.15, -0.1) is 0 Å². The molecule has 1 unspecified atom stereocenters. The van der Waals surface area contributed by atoms with Crippen molar-refractivity contribution in [3.63, 3.8) is 0 Å². The summed E-state index contributed by atoms with van der Waals surface area (Å²) in [5, 5.41) is 3.85. The van der Waals surface area contributed by atoms with Gasteiger partial charge < -0.3 is 14.2 Å². The molecule has 0 saturated heterocycles. The predicted octanol–water partition coefficient (Wildman–Crippen LogP) is 4.51. The summed E-state index contributed by atoms with van der Waals surface area (Å²) in [5.41, 5.74) is 1.90. The van der Waals surface area contributed by atoms with Crippen LogP contribution in [-0.4, -0.2) is 30.8 Å². The molecule has 2 atom stereocenters. The lowest BCUT2D eigenvalue weighted by atomic mass is 10.1. The third-order valence-electron chi connectivity index (χ3n) is 4.07. The molecule has 142 valence electrons. The molecule has 3 aromatic rings.